The number of methoxy groups -OCH3 is 5. The highest BCUT2D eigenvalue weighted by Crippen LogP contribution is 2.34. The number of hydrogen-bond donors (Lipinski definition) is 0. The van der Waals surface area contributed by atoms with Crippen molar-refractivity contribution in [3.63, 3.8) is 0 Å². The van der Waals surface area contributed by atoms with Crippen LogP contribution in [0.25, 0.3) is 0 Å². The second kappa shape index (κ2) is 34.2. The highest BCUT2D eigenvalue weighted by molar-refractivity contribution is 7.07. The molecule has 8 rings (SSSR count). The van der Waals surface area contributed by atoms with Crippen LogP contribution in [0, 0.1) is 222 Å². The monoisotopic (exact) mass is 1450 g/mol. The Morgan fingerprint density at radius 2 is 0.429 bits per heavy atom. The molecule has 0 aliphatic rings. The van der Waals surface area contributed by atoms with Crippen LogP contribution in [0.5, 0.6) is 23.0 Å². The summed E-state index contributed by atoms with van der Waals surface area (Å²) in [4.78, 5) is 0. The molecule has 0 amide bonds. The van der Waals surface area contributed by atoms with Crippen molar-refractivity contribution in [1.82, 2.24) is 0 Å². The summed E-state index contributed by atoms with van der Waals surface area (Å²) in [7, 11) is -0.0889. The summed E-state index contributed by atoms with van der Waals surface area (Å²) in [5.41, 5.74) is 13.1. The van der Waals surface area contributed by atoms with Crippen molar-refractivity contribution in [2.45, 2.75) is 82.8 Å². The largest absolute Gasteiger partial charge is 0.496 e. The van der Waals surface area contributed by atoms with Gasteiger partial charge in [0.05, 0.1) is 56.2 Å². The molecule has 8 aromatic rings. The lowest BCUT2D eigenvalue weighted by atomic mass is 9.94. The first kappa shape index (κ1) is 83.6. The first-order chi connectivity index (χ1) is 45.4. The van der Waals surface area contributed by atoms with E-state index in [1.807, 2.05) is 0 Å². The van der Waals surface area contributed by atoms with Crippen molar-refractivity contribution in [2.75, 3.05) is 42.7 Å². The minimum atomic E-state index is -7.11. The molecular formula is C66H57F25O6Si. The third-order valence-corrected chi connectivity index (χ3v) is 18.7. The lowest BCUT2D eigenvalue weighted by Crippen LogP contribution is -2.74. The van der Waals surface area contributed by atoms with Crippen molar-refractivity contribution >= 4 is 23.9 Å². The molecule has 0 heterocycles. The molecule has 8 aromatic carbocycles. The molecule has 0 aliphatic carbocycles. The van der Waals surface area contributed by atoms with Gasteiger partial charge in [0.15, 0.2) is 98.8 Å². The van der Waals surface area contributed by atoms with Gasteiger partial charge in [-0.15, -0.1) is 0 Å². The number of halogens is 25. The molecule has 0 saturated carbocycles. The summed E-state index contributed by atoms with van der Waals surface area (Å²) in [5, 5.41) is -8.23. The van der Waals surface area contributed by atoms with Crippen LogP contribution in [-0.4, -0.2) is 51.0 Å². The van der Waals surface area contributed by atoms with Gasteiger partial charge in [-0.25, -0.2) is 101 Å². The molecule has 6 nitrogen and oxygen atoms in total. The minimum absolute atomic E-state index is 0.0274. The van der Waals surface area contributed by atoms with Crippen molar-refractivity contribution in [3.05, 3.63) is 236 Å². The minimum Gasteiger partial charge on any atom is -0.496 e. The molecule has 32 heteroatoms. The Labute approximate surface area is 545 Å². The fraction of sp³-hybridized carbons (Fsp3) is 0.273. The van der Waals surface area contributed by atoms with Gasteiger partial charge in [-0.1, -0.05) is 35.4 Å². The van der Waals surface area contributed by atoms with Crippen LogP contribution in [0.1, 0.15) is 66.8 Å². The van der Waals surface area contributed by atoms with Crippen molar-refractivity contribution in [2.24, 2.45) is 0 Å². The van der Waals surface area contributed by atoms with E-state index in [0.29, 0.717) is 0 Å². The molecular weight excluding hydrogens is 1390 g/mol. The molecule has 0 spiro atoms. The molecule has 0 unspecified atom stereocenters. The number of aryl methyl sites for hydroxylation is 6. The molecule has 98 heavy (non-hydrogen) atoms. The smallest absolute Gasteiger partial charge is 0.306 e. The molecule has 0 N–H and O–H groups in total. The summed E-state index contributed by atoms with van der Waals surface area (Å²) >= 11 is 0. The first-order valence-corrected chi connectivity index (χ1v) is 29.3. The molecule has 0 aromatic heterocycles. The average Bonchev–Trinajstić information content (AvgIpc) is 0.701. The van der Waals surface area contributed by atoms with Crippen LogP contribution in [-0.2, 0) is 15.8 Å². The molecule has 0 atom stereocenters. The van der Waals surface area contributed by atoms with Crippen LogP contribution in [0.3, 0.4) is 0 Å². The third kappa shape index (κ3) is 16.4. The molecule has 0 bridgehead atoms. The molecule has 0 aliphatic heterocycles. The van der Waals surface area contributed by atoms with E-state index >= 15 is 0 Å². The van der Waals surface area contributed by atoms with Gasteiger partial charge < -0.3 is 28.1 Å². The van der Waals surface area contributed by atoms with Gasteiger partial charge in [-0.05, 0) is 126 Å². The van der Waals surface area contributed by atoms with Crippen molar-refractivity contribution in [1.29, 1.82) is 0 Å². The Bertz CT molecular complexity index is 3800. The Morgan fingerprint density at radius 3 is 0.633 bits per heavy atom. The van der Waals surface area contributed by atoms with Gasteiger partial charge in [-0.3, -0.25) is 0 Å². The maximum atomic E-state index is 14.8. The predicted octanol–water partition coefficient (Wildman–Crippen LogP) is 17.8. The zero-order valence-electron chi connectivity index (χ0n) is 54.4. The zero-order chi connectivity index (χ0) is 75.7. The van der Waals surface area contributed by atoms with Gasteiger partial charge in [0.1, 0.15) is 17.2 Å². The van der Waals surface area contributed by atoms with E-state index in [4.69, 9.17) is 14.2 Å². The van der Waals surface area contributed by atoms with Gasteiger partial charge in [0, 0.05) is 14.2 Å². The van der Waals surface area contributed by atoms with E-state index < -0.39 is 187 Å². The zero-order valence-corrected chi connectivity index (χ0v) is 55.4. The normalized spacial score (nSPS) is 10.9. The maximum Gasteiger partial charge on any atom is 0.306 e. The summed E-state index contributed by atoms with van der Waals surface area (Å²) in [6, 6.07) is 8.52. The number of benzene rings is 8. The Morgan fingerprint density at radius 1 is 0.235 bits per heavy atom. The average molecular weight is 1450 g/mol. The molecule has 536 valence electrons. The maximum absolute atomic E-state index is 14.8. The highest BCUT2D eigenvalue weighted by Gasteiger charge is 2.57. The van der Waals surface area contributed by atoms with E-state index in [1.165, 1.54) is 61.2 Å². The standard InChI is InChI=1S/C19H3F15OSi.C12H18O.2C10H14O.C8H5F5O.C7H3F5O/c1-35-36(17-11(29)5(23)2(20)6(24)12(17)30,18-13(31)7(25)3(21)8(26)14(18)32)19-15(33)9(27)4(22)10(28)16(19)34;1-7-8(2)10(4)12(13-6)11(5)9(7)3;2*1-7-5-8(2)10(11-4)9(3)6-7;1-14-2-3-4(9)6(11)8(13)7(12)5(3)10;1-13-7-5(11)3(9)2(8)4(10)6(7)12/h1H3;1-6H3;2*5-6H,1-4H3;2H2,1H3;1H3. The lowest BCUT2D eigenvalue weighted by Gasteiger charge is -2.33. The summed E-state index contributed by atoms with van der Waals surface area (Å²) < 4.78 is 367. The molecule has 0 saturated heterocycles. The van der Waals surface area contributed by atoms with Crippen LogP contribution >= 0.6 is 0 Å². The number of rotatable bonds is 10. The van der Waals surface area contributed by atoms with E-state index in [1.54, 1.807) is 21.3 Å². The van der Waals surface area contributed by atoms with E-state index in [2.05, 4.69) is 114 Å². The number of ether oxygens (including phenoxy) is 5. The quantitative estimate of drug-likeness (QED) is 0.0447. The van der Waals surface area contributed by atoms with Gasteiger partial charge >= 0.3 is 8.32 Å². The third-order valence-electron chi connectivity index (χ3n) is 14.7. The lowest BCUT2D eigenvalue weighted by molar-refractivity contribution is 0.174. The van der Waals surface area contributed by atoms with Gasteiger partial charge in [0.2, 0.25) is 52.4 Å². The first-order valence-electron chi connectivity index (χ1n) is 27.4. The Hall–Kier alpha value is -8.65. The van der Waals surface area contributed by atoms with Crippen molar-refractivity contribution in [3.8, 4) is 23.0 Å². The van der Waals surface area contributed by atoms with Crippen LogP contribution in [0.2, 0.25) is 0 Å². The molecule has 0 fully saturated rings. The number of hydrogen-bond acceptors (Lipinski definition) is 6. The summed E-state index contributed by atoms with van der Waals surface area (Å²) in [6.45, 7) is 22.5. The predicted molar refractivity (Wildman–Crippen MR) is 311 cm³/mol. The SMILES string of the molecule is COCc1c(F)c(F)c(F)c(F)c1F.CO[Si](c1c(F)c(F)c(F)c(F)c1F)(c1c(F)c(F)c(F)c(F)c1F)c1c(F)c(F)c(F)c(F)c1F.COc1c(C)c(C)c(C)c(C)c1C.COc1c(C)cc(C)cc1C.COc1c(C)cc(C)cc1C.COc1c(F)c(F)c(F)c(F)c1F. The van der Waals surface area contributed by atoms with Crippen LogP contribution < -0.4 is 34.5 Å². The second-order valence-corrected chi connectivity index (χ2v) is 24.1. The van der Waals surface area contributed by atoms with Crippen molar-refractivity contribution < 1.29 is 138 Å². The van der Waals surface area contributed by atoms with Crippen LogP contribution in [0.4, 0.5) is 110 Å². The fourth-order valence-electron chi connectivity index (χ4n) is 9.86. The topological polar surface area (TPSA) is 55.4 Å². The van der Waals surface area contributed by atoms with E-state index in [-0.39, 0.29) is 7.11 Å². The molecule has 0 radical (unpaired) electrons. The Kier molecular flexibility index (Phi) is 29.2. The summed E-state index contributed by atoms with van der Waals surface area (Å²) in [6.07, 6.45) is 0. The second-order valence-electron chi connectivity index (χ2n) is 20.8. The van der Waals surface area contributed by atoms with Gasteiger partial charge in [0.25, 0.3) is 0 Å². The summed E-state index contributed by atoms with van der Waals surface area (Å²) in [5.74, 6) is -64.1. The Balaban J connectivity index is 0.000000335. The van der Waals surface area contributed by atoms with Crippen LogP contribution in [0.15, 0.2) is 24.3 Å². The van der Waals surface area contributed by atoms with E-state index in [0.717, 1.165) is 31.5 Å². The highest BCUT2D eigenvalue weighted by atomic mass is 28.4. The van der Waals surface area contributed by atoms with Gasteiger partial charge in [-0.2, -0.15) is 8.78 Å². The van der Waals surface area contributed by atoms with E-state index in [9.17, 15) is 110 Å². The fourth-order valence-corrected chi connectivity index (χ4v) is 13.7.